The van der Waals surface area contributed by atoms with Crippen LogP contribution in [-0.4, -0.2) is 24.5 Å². The van der Waals surface area contributed by atoms with Crippen LogP contribution in [0.2, 0.25) is 0 Å². The van der Waals surface area contributed by atoms with Gasteiger partial charge in [-0.3, -0.25) is 14.8 Å². The van der Waals surface area contributed by atoms with E-state index in [1.54, 1.807) is 32.0 Å². The maximum atomic E-state index is 12.8. The Labute approximate surface area is 164 Å². The standard InChI is InChI=1S/C20H22N4O3S/c1-13(16-9-5-4-6-10-16)21-20(25)17-11-7-8-12-18(17)24-28(26,27)19-14(2)22-23-15(19)3/h4-13,24H,1-3H3,(H,21,25)(H,22,23)/p-1/t13-/m1/s1. The first kappa shape index (κ1) is 19.6. The molecule has 28 heavy (non-hydrogen) atoms. The van der Waals surface area contributed by atoms with Gasteiger partial charge in [0, 0.05) is 5.56 Å². The number of para-hydroxylation sites is 1. The number of rotatable bonds is 6. The Balaban J connectivity index is 1.94. The first-order valence-corrected chi connectivity index (χ1v) is 10.2. The fraction of sp³-hybridized carbons (Fsp3) is 0.200. The summed E-state index contributed by atoms with van der Waals surface area (Å²) in [5.74, 6) is -0.490. The lowest BCUT2D eigenvalue weighted by Crippen LogP contribution is -2.23. The van der Waals surface area contributed by atoms with E-state index in [0.717, 1.165) is 5.56 Å². The van der Waals surface area contributed by atoms with Gasteiger partial charge in [-0.2, -0.15) is 5.10 Å². The predicted octanol–water partition coefficient (Wildman–Crippen LogP) is 2.70. The molecule has 0 saturated carbocycles. The molecule has 0 aliphatic heterocycles. The molecule has 3 rings (SSSR count). The van der Waals surface area contributed by atoms with Crippen molar-refractivity contribution in [1.82, 2.24) is 10.2 Å². The van der Waals surface area contributed by atoms with Crippen LogP contribution in [0, 0.1) is 13.8 Å². The van der Waals surface area contributed by atoms with Crippen molar-refractivity contribution in [3.8, 4) is 0 Å². The van der Waals surface area contributed by atoms with Gasteiger partial charge in [0.15, 0.2) is 0 Å². The summed E-state index contributed by atoms with van der Waals surface area (Å²) in [4.78, 5) is 4.29. The van der Waals surface area contributed by atoms with E-state index in [4.69, 9.17) is 0 Å². The molecule has 0 bridgehead atoms. The molecule has 0 aliphatic carbocycles. The number of anilines is 1. The third-order valence-electron chi connectivity index (χ3n) is 4.32. The molecule has 3 aromatic rings. The minimum Gasteiger partial charge on any atom is -0.858 e. The summed E-state index contributed by atoms with van der Waals surface area (Å²) in [5.41, 5.74) is 2.05. The summed E-state index contributed by atoms with van der Waals surface area (Å²) in [6.45, 7) is 5.05. The smallest absolute Gasteiger partial charge is 0.265 e. The summed E-state index contributed by atoms with van der Waals surface area (Å²) in [7, 11) is -3.91. The minimum atomic E-state index is -3.91. The molecular formula is C20H21N4O3S-. The highest BCUT2D eigenvalue weighted by molar-refractivity contribution is 7.92. The van der Waals surface area contributed by atoms with Crippen LogP contribution in [0.1, 0.15) is 35.5 Å². The minimum absolute atomic E-state index is 0.0735. The molecule has 2 aromatic carbocycles. The third kappa shape index (κ3) is 4.07. The molecule has 1 heterocycles. The number of hydrogen-bond donors (Lipinski definition) is 2. The van der Waals surface area contributed by atoms with E-state index in [1.165, 1.54) is 6.07 Å². The van der Waals surface area contributed by atoms with Gasteiger partial charge in [0.05, 0.1) is 23.1 Å². The summed E-state index contributed by atoms with van der Waals surface area (Å²) in [5, 5.41) is 19.3. The summed E-state index contributed by atoms with van der Waals surface area (Å²) < 4.78 is 28.1. The Morgan fingerprint density at radius 2 is 1.75 bits per heavy atom. The lowest BCUT2D eigenvalue weighted by Gasteiger charge is -2.19. The van der Waals surface area contributed by atoms with Crippen molar-refractivity contribution >= 4 is 21.6 Å². The molecule has 1 atom stereocenters. The topological polar surface area (TPSA) is 110 Å². The van der Waals surface area contributed by atoms with E-state index in [0.29, 0.717) is 11.4 Å². The summed E-state index contributed by atoms with van der Waals surface area (Å²) >= 11 is 0. The molecule has 1 aromatic heterocycles. The number of nitrogens with one attached hydrogen (secondary N) is 2. The zero-order chi connectivity index (χ0) is 20.3. The normalized spacial score (nSPS) is 13.3. The van der Waals surface area contributed by atoms with Gasteiger partial charge in [-0.15, -0.1) is 0 Å². The van der Waals surface area contributed by atoms with Crippen LogP contribution in [0.25, 0.3) is 0 Å². The largest absolute Gasteiger partial charge is 0.858 e. The first-order valence-electron chi connectivity index (χ1n) is 8.73. The quantitative estimate of drug-likeness (QED) is 0.492. The van der Waals surface area contributed by atoms with Crippen molar-refractivity contribution in [2.75, 3.05) is 4.72 Å². The SMILES string of the molecule is Cc1n[nH]c(C)c1S(=O)(=O)Nc1ccccc1C([O-])=N[C@H](C)c1ccccc1. The molecule has 146 valence electrons. The molecule has 0 unspecified atom stereocenters. The van der Waals surface area contributed by atoms with Crippen molar-refractivity contribution in [3.05, 3.63) is 77.1 Å². The van der Waals surface area contributed by atoms with Crippen molar-refractivity contribution in [2.24, 2.45) is 4.99 Å². The lowest BCUT2D eigenvalue weighted by molar-refractivity contribution is -0.213. The van der Waals surface area contributed by atoms with Crippen LogP contribution < -0.4 is 9.83 Å². The van der Waals surface area contributed by atoms with Crippen LogP contribution in [0.15, 0.2) is 64.5 Å². The van der Waals surface area contributed by atoms with Crippen molar-refractivity contribution in [2.45, 2.75) is 31.7 Å². The maximum Gasteiger partial charge on any atom is 0.265 e. The average molecular weight is 397 g/mol. The van der Waals surface area contributed by atoms with Gasteiger partial charge in [-0.25, -0.2) is 8.42 Å². The average Bonchev–Trinajstić information content (AvgIpc) is 3.01. The molecule has 0 amide bonds. The van der Waals surface area contributed by atoms with Gasteiger partial charge in [0.2, 0.25) is 0 Å². The van der Waals surface area contributed by atoms with Crippen LogP contribution in [0.3, 0.4) is 0 Å². The summed E-state index contributed by atoms with van der Waals surface area (Å²) in [6.07, 6.45) is 0. The molecule has 7 nitrogen and oxygen atoms in total. The zero-order valence-corrected chi connectivity index (χ0v) is 16.6. The Bertz CT molecular complexity index is 1090. The second-order valence-corrected chi connectivity index (χ2v) is 8.05. The number of aromatic amines is 1. The van der Waals surface area contributed by atoms with E-state index >= 15 is 0 Å². The fourth-order valence-corrected chi connectivity index (χ4v) is 4.40. The molecule has 0 radical (unpaired) electrons. The van der Waals surface area contributed by atoms with Gasteiger partial charge >= 0.3 is 0 Å². The number of nitrogens with zero attached hydrogens (tertiary/aromatic N) is 2. The molecule has 0 saturated heterocycles. The van der Waals surface area contributed by atoms with Gasteiger partial charge < -0.3 is 5.11 Å². The maximum absolute atomic E-state index is 12.8. The van der Waals surface area contributed by atoms with E-state index in [1.807, 2.05) is 37.3 Å². The first-order chi connectivity index (χ1) is 13.3. The van der Waals surface area contributed by atoms with Gasteiger partial charge in [0.25, 0.3) is 10.0 Å². The Hall–Kier alpha value is -3.13. The Kier molecular flexibility index (Phi) is 5.51. The van der Waals surface area contributed by atoms with E-state index in [-0.39, 0.29) is 22.2 Å². The highest BCUT2D eigenvalue weighted by Crippen LogP contribution is 2.24. The fourth-order valence-electron chi connectivity index (χ4n) is 2.94. The van der Waals surface area contributed by atoms with E-state index < -0.39 is 15.9 Å². The van der Waals surface area contributed by atoms with E-state index in [9.17, 15) is 13.5 Å². The second-order valence-electron chi connectivity index (χ2n) is 6.44. The van der Waals surface area contributed by atoms with Crippen LogP contribution >= 0.6 is 0 Å². The molecule has 0 aliphatic rings. The van der Waals surface area contributed by atoms with Crippen molar-refractivity contribution in [1.29, 1.82) is 0 Å². The number of H-pyrrole nitrogens is 1. The van der Waals surface area contributed by atoms with Crippen LogP contribution in [0.4, 0.5) is 5.69 Å². The third-order valence-corrected chi connectivity index (χ3v) is 5.95. The van der Waals surface area contributed by atoms with Gasteiger partial charge in [-0.05, 0) is 38.3 Å². The molecule has 0 spiro atoms. The Morgan fingerprint density at radius 3 is 2.39 bits per heavy atom. The van der Waals surface area contributed by atoms with Crippen molar-refractivity contribution in [3.63, 3.8) is 0 Å². The number of aryl methyl sites for hydroxylation is 2. The van der Waals surface area contributed by atoms with Crippen LogP contribution in [0.5, 0.6) is 0 Å². The number of sulfonamides is 1. The van der Waals surface area contributed by atoms with Gasteiger partial charge in [-0.1, -0.05) is 48.5 Å². The number of aromatic nitrogens is 2. The predicted molar refractivity (Wildman–Crippen MR) is 107 cm³/mol. The van der Waals surface area contributed by atoms with Crippen LogP contribution in [-0.2, 0) is 10.0 Å². The molecule has 8 heteroatoms. The van der Waals surface area contributed by atoms with Gasteiger partial charge in [0.1, 0.15) is 4.90 Å². The second kappa shape index (κ2) is 7.85. The molecule has 2 N–H and O–H groups in total. The summed E-state index contributed by atoms with van der Waals surface area (Å²) in [6, 6.07) is 15.5. The highest BCUT2D eigenvalue weighted by Gasteiger charge is 2.23. The van der Waals surface area contributed by atoms with Crippen molar-refractivity contribution < 1.29 is 13.5 Å². The number of hydrogen-bond acceptors (Lipinski definition) is 5. The number of aliphatic imine (C=N–C) groups is 1. The number of benzene rings is 2. The van der Waals surface area contributed by atoms with E-state index in [2.05, 4.69) is 19.9 Å². The monoisotopic (exact) mass is 397 g/mol. The molecule has 0 fully saturated rings. The zero-order valence-electron chi connectivity index (χ0n) is 15.8. The Morgan fingerprint density at radius 1 is 1.11 bits per heavy atom. The highest BCUT2D eigenvalue weighted by atomic mass is 32.2. The molecular weight excluding hydrogens is 376 g/mol. The lowest BCUT2D eigenvalue weighted by atomic mass is 10.1.